The molecule has 1 aromatic heterocycles. The van der Waals surface area contributed by atoms with Gasteiger partial charge in [0.05, 0.1) is 5.56 Å². The number of piperazine rings is 1. The number of hydrogen-bond acceptors (Lipinski definition) is 4. The normalized spacial score (nSPS) is 23.2. The van der Waals surface area contributed by atoms with Crippen LogP contribution in [0.15, 0.2) is 18.3 Å². The Labute approximate surface area is 132 Å². The quantitative estimate of drug-likeness (QED) is 0.906. The smallest absolute Gasteiger partial charge is 0.255 e. The zero-order valence-corrected chi connectivity index (χ0v) is 13.4. The van der Waals surface area contributed by atoms with Gasteiger partial charge >= 0.3 is 0 Å². The third-order valence-corrected chi connectivity index (χ3v) is 4.69. The second kappa shape index (κ2) is 7.09. The predicted octanol–water partition coefficient (Wildman–Crippen LogP) is 1.90. The minimum Gasteiger partial charge on any atom is -0.357 e. The molecule has 22 heavy (non-hydrogen) atoms. The highest BCUT2D eigenvalue weighted by Crippen LogP contribution is 2.18. The van der Waals surface area contributed by atoms with Crippen LogP contribution in [0.1, 0.15) is 43.0 Å². The summed E-state index contributed by atoms with van der Waals surface area (Å²) in [5.74, 6) is 1.11. The van der Waals surface area contributed by atoms with Crippen LogP contribution in [0.2, 0.25) is 0 Å². The lowest BCUT2D eigenvalue weighted by Gasteiger charge is -2.34. The molecule has 2 saturated heterocycles. The number of aromatic nitrogens is 1. The van der Waals surface area contributed by atoms with Crippen molar-refractivity contribution in [1.82, 2.24) is 15.2 Å². The van der Waals surface area contributed by atoms with E-state index in [0.29, 0.717) is 5.56 Å². The molecule has 2 aliphatic heterocycles. The maximum absolute atomic E-state index is 12.6. The summed E-state index contributed by atoms with van der Waals surface area (Å²) in [7, 11) is 0. The number of hydrogen-bond donors (Lipinski definition) is 1. The highest BCUT2D eigenvalue weighted by molar-refractivity contribution is 5.94. The summed E-state index contributed by atoms with van der Waals surface area (Å²) in [6.45, 7) is 6.75. The molecule has 5 nitrogen and oxygen atoms in total. The minimum absolute atomic E-state index is 0.101. The second-order valence-corrected chi connectivity index (χ2v) is 6.36. The van der Waals surface area contributed by atoms with Crippen molar-refractivity contribution in [3.05, 3.63) is 23.9 Å². The van der Waals surface area contributed by atoms with E-state index in [9.17, 15) is 4.79 Å². The summed E-state index contributed by atoms with van der Waals surface area (Å²) in [5.41, 5.74) is 0.701. The van der Waals surface area contributed by atoms with Gasteiger partial charge in [0.2, 0.25) is 0 Å². The Kier molecular flexibility index (Phi) is 4.93. The molecule has 3 rings (SSSR count). The van der Waals surface area contributed by atoms with Gasteiger partial charge < -0.3 is 15.1 Å². The maximum atomic E-state index is 12.6. The average Bonchev–Trinajstić information content (AvgIpc) is 2.84. The van der Waals surface area contributed by atoms with E-state index in [0.717, 1.165) is 38.5 Å². The molecule has 120 valence electrons. The molecule has 1 N–H and O–H groups in total. The van der Waals surface area contributed by atoms with E-state index in [1.165, 1.54) is 25.7 Å². The summed E-state index contributed by atoms with van der Waals surface area (Å²) < 4.78 is 0. The van der Waals surface area contributed by atoms with Gasteiger partial charge in [-0.3, -0.25) is 4.79 Å². The van der Waals surface area contributed by atoms with Crippen molar-refractivity contribution in [2.24, 2.45) is 0 Å². The Balaban J connectivity index is 1.69. The third kappa shape index (κ3) is 3.40. The van der Waals surface area contributed by atoms with Gasteiger partial charge in [-0.15, -0.1) is 0 Å². The van der Waals surface area contributed by atoms with Crippen LogP contribution in [-0.2, 0) is 0 Å². The lowest BCUT2D eigenvalue weighted by molar-refractivity contribution is 0.0655. The first kappa shape index (κ1) is 15.3. The van der Waals surface area contributed by atoms with E-state index >= 15 is 0 Å². The van der Waals surface area contributed by atoms with Gasteiger partial charge in [0.25, 0.3) is 5.91 Å². The number of pyridine rings is 1. The number of anilines is 1. The van der Waals surface area contributed by atoms with Crippen molar-refractivity contribution in [2.75, 3.05) is 37.6 Å². The molecule has 0 aliphatic carbocycles. The molecule has 0 spiro atoms. The zero-order valence-electron chi connectivity index (χ0n) is 13.4. The van der Waals surface area contributed by atoms with Crippen LogP contribution in [0.5, 0.6) is 0 Å². The molecule has 5 heteroatoms. The van der Waals surface area contributed by atoms with Crippen LogP contribution in [0.4, 0.5) is 5.82 Å². The topological polar surface area (TPSA) is 48.5 Å². The van der Waals surface area contributed by atoms with Crippen LogP contribution < -0.4 is 10.2 Å². The molecule has 1 amide bonds. The minimum atomic E-state index is 0.101. The summed E-state index contributed by atoms with van der Waals surface area (Å²) in [4.78, 5) is 21.4. The first-order valence-corrected chi connectivity index (χ1v) is 8.48. The molecule has 0 saturated carbocycles. The van der Waals surface area contributed by atoms with E-state index < -0.39 is 0 Å². The second-order valence-electron chi connectivity index (χ2n) is 6.36. The van der Waals surface area contributed by atoms with E-state index in [1.54, 1.807) is 6.20 Å². The number of amides is 1. The molecule has 2 aliphatic rings. The van der Waals surface area contributed by atoms with E-state index in [2.05, 4.69) is 22.1 Å². The van der Waals surface area contributed by atoms with Crippen molar-refractivity contribution in [2.45, 2.75) is 38.6 Å². The Hall–Kier alpha value is -1.62. The fourth-order valence-corrected chi connectivity index (χ4v) is 3.31. The fourth-order valence-electron chi connectivity index (χ4n) is 3.31. The first-order valence-electron chi connectivity index (χ1n) is 8.48. The highest BCUT2D eigenvalue weighted by atomic mass is 16.2. The molecule has 0 aromatic carbocycles. The molecular formula is C17H26N4O. The predicted molar refractivity (Wildman–Crippen MR) is 88.3 cm³/mol. The van der Waals surface area contributed by atoms with Crippen LogP contribution in [-0.4, -0.2) is 54.6 Å². The molecule has 3 heterocycles. The number of carbonyl (C=O) groups excluding carboxylic acids is 1. The van der Waals surface area contributed by atoms with Gasteiger partial charge in [-0.25, -0.2) is 4.98 Å². The summed E-state index contributed by atoms with van der Waals surface area (Å²) in [6, 6.07) is 4.18. The summed E-state index contributed by atoms with van der Waals surface area (Å²) in [5, 5.41) is 3.31. The number of carbonyl (C=O) groups is 1. The molecule has 1 unspecified atom stereocenters. The number of rotatable bonds is 2. The molecule has 1 atom stereocenters. The standard InChI is InChI=1S/C17H26N4O/c1-14-12-18-8-11-21(14)17(22)15-6-7-16(19-13-15)20-9-4-2-3-5-10-20/h6-7,13-14,18H,2-5,8-12H2,1H3. The largest absolute Gasteiger partial charge is 0.357 e. The summed E-state index contributed by atoms with van der Waals surface area (Å²) in [6.07, 6.45) is 6.85. The van der Waals surface area contributed by atoms with E-state index in [1.807, 2.05) is 17.0 Å². The van der Waals surface area contributed by atoms with Crippen molar-refractivity contribution in [3.8, 4) is 0 Å². The van der Waals surface area contributed by atoms with Crippen molar-refractivity contribution in [1.29, 1.82) is 0 Å². The Bertz CT molecular complexity index is 494. The van der Waals surface area contributed by atoms with Crippen molar-refractivity contribution in [3.63, 3.8) is 0 Å². The van der Waals surface area contributed by atoms with Crippen molar-refractivity contribution < 1.29 is 4.79 Å². The van der Waals surface area contributed by atoms with Gasteiger partial charge in [-0.2, -0.15) is 0 Å². The van der Waals surface area contributed by atoms with Gasteiger partial charge in [-0.05, 0) is 31.9 Å². The first-order chi connectivity index (χ1) is 10.8. The Morgan fingerprint density at radius 1 is 1.18 bits per heavy atom. The molecule has 0 radical (unpaired) electrons. The van der Waals surface area contributed by atoms with Crippen LogP contribution in [0.25, 0.3) is 0 Å². The maximum Gasteiger partial charge on any atom is 0.255 e. The van der Waals surface area contributed by atoms with Crippen LogP contribution in [0.3, 0.4) is 0 Å². The zero-order chi connectivity index (χ0) is 15.4. The summed E-state index contributed by atoms with van der Waals surface area (Å²) >= 11 is 0. The van der Waals surface area contributed by atoms with Gasteiger partial charge in [-0.1, -0.05) is 12.8 Å². The highest BCUT2D eigenvalue weighted by Gasteiger charge is 2.24. The molecule has 2 fully saturated rings. The lowest BCUT2D eigenvalue weighted by Crippen LogP contribution is -2.52. The lowest BCUT2D eigenvalue weighted by atomic mass is 10.1. The number of nitrogens with zero attached hydrogens (tertiary/aromatic N) is 3. The van der Waals surface area contributed by atoms with Gasteiger partial charge in [0.15, 0.2) is 0 Å². The van der Waals surface area contributed by atoms with Crippen LogP contribution in [0, 0.1) is 0 Å². The Morgan fingerprint density at radius 3 is 2.59 bits per heavy atom. The SMILES string of the molecule is CC1CNCCN1C(=O)c1ccc(N2CCCCCC2)nc1. The third-order valence-electron chi connectivity index (χ3n) is 4.69. The fraction of sp³-hybridized carbons (Fsp3) is 0.647. The molecule has 0 bridgehead atoms. The van der Waals surface area contributed by atoms with E-state index in [-0.39, 0.29) is 11.9 Å². The monoisotopic (exact) mass is 302 g/mol. The number of nitrogens with one attached hydrogen (secondary N) is 1. The van der Waals surface area contributed by atoms with Crippen molar-refractivity contribution >= 4 is 11.7 Å². The van der Waals surface area contributed by atoms with E-state index in [4.69, 9.17) is 0 Å². The average molecular weight is 302 g/mol. The van der Waals surface area contributed by atoms with Crippen LogP contribution >= 0.6 is 0 Å². The molecular weight excluding hydrogens is 276 g/mol. The van der Waals surface area contributed by atoms with Gasteiger partial charge in [0.1, 0.15) is 5.82 Å². The molecule has 1 aromatic rings. The Morgan fingerprint density at radius 2 is 1.95 bits per heavy atom. The van der Waals surface area contributed by atoms with Gasteiger partial charge in [0, 0.05) is 45.0 Å².